The van der Waals surface area contributed by atoms with Gasteiger partial charge >= 0.3 is 5.97 Å². The monoisotopic (exact) mass is 380 g/mol. The van der Waals surface area contributed by atoms with Crippen LogP contribution in [0.15, 0.2) is 93.5 Å². The zero-order chi connectivity index (χ0) is 18.4. The van der Waals surface area contributed by atoms with Crippen molar-refractivity contribution in [2.45, 2.75) is 33.3 Å². The molecular formula is C22H20O2S2. The highest BCUT2D eigenvalue weighted by Crippen LogP contribution is 2.33. The molecule has 1 atom stereocenters. The number of carbonyl (C=O) groups is 1. The van der Waals surface area contributed by atoms with Gasteiger partial charge in [0.05, 0.1) is 0 Å². The van der Waals surface area contributed by atoms with Crippen LogP contribution >= 0.6 is 23.5 Å². The van der Waals surface area contributed by atoms with Gasteiger partial charge in [0.15, 0.2) is 0 Å². The van der Waals surface area contributed by atoms with Crippen LogP contribution in [0.5, 0.6) is 0 Å². The average molecular weight is 381 g/mol. The van der Waals surface area contributed by atoms with Gasteiger partial charge in [-0.2, -0.15) is 0 Å². The van der Waals surface area contributed by atoms with Gasteiger partial charge in [-0.25, -0.2) is 0 Å². The van der Waals surface area contributed by atoms with Crippen LogP contribution < -0.4 is 0 Å². The van der Waals surface area contributed by atoms with Gasteiger partial charge in [0.25, 0.3) is 0 Å². The largest absolute Gasteiger partial charge is 0.480 e. The maximum Gasteiger partial charge on any atom is 0.317 e. The third-order valence-electron chi connectivity index (χ3n) is 3.92. The highest BCUT2D eigenvalue weighted by molar-refractivity contribution is 8.00. The van der Waals surface area contributed by atoms with Gasteiger partial charge in [-0.3, -0.25) is 4.79 Å². The van der Waals surface area contributed by atoms with Crippen LogP contribution in [0.4, 0.5) is 0 Å². The number of aryl methyl sites for hydroxylation is 1. The number of carboxylic acids is 1. The molecule has 1 unspecified atom stereocenters. The normalized spacial score (nSPS) is 11.9. The Bertz CT molecular complexity index is 861. The number of hydrogen-bond acceptors (Lipinski definition) is 3. The van der Waals surface area contributed by atoms with Gasteiger partial charge < -0.3 is 5.11 Å². The topological polar surface area (TPSA) is 37.3 Å². The Morgan fingerprint density at radius 3 is 2.23 bits per heavy atom. The minimum Gasteiger partial charge on any atom is -0.480 e. The first-order valence-electron chi connectivity index (χ1n) is 8.39. The summed E-state index contributed by atoms with van der Waals surface area (Å²) in [6, 6.07) is 26.2. The summed E-state index contributed by atoms with van der Waals surface area (Å²) in [6.07, 6.45) is 0.490. The fourth-order valence-corrected chi connectivity index (χ4v) is 4.51. The molecule has 0 aliphatic heterocycles. The first-order chi connectivity index (χ1) is 12.6. The Morgan fingerprint density at radius 1 is 0.885 bits per heavy atom. The molecule has 4 heteroatoms. The van der Waals surface area contributed by atoms with E-state index in [4.69, 9.17) is 0 Å². The molecule has 132 valence electrons. The van der Waals surface area contributed by atoms with Gasteiger partial charge in [-0.1, -0.05) is 65.9 Å². The minimum absolute atomic E-state index is 0.490. The van der Waals surface area contributed by atoms with E-state index in [1.165, 1.54) is 17.3 Å². The summed E-state index contributed by atoms with van der Waals surface area (Å²) >= 11 is 3.08. The lowest BCUT2D eigenvalue weighted by Crippen LogP contribution is -2.19. The lowest BCUT2D eigenvalue weighted by atomic mass is 10.1. The number of carboxylic acid groups (broad SMARTS) is 1. The molecular weight excluding hydrogens is 360 g/mol. The molecule has 0 bridgehead atoms. The summed E-state index contributed by atoms with van der Waals surface area (Å²) in [5, 5.41) is 9.19. The van der Waals surface area contributed by atoms with Crippen LogP contribution in [0, 0.1) is 6.92 Å². The van der Waals surface area contributed by atoms with E-state index in [-0.39, 0.29) is 0 Å². The molecule has 3 aromatic carbocycles. The van der Waals surface area contributed by atoms with E-state index in [1.54, 1.807) is 11.8 Å². The van der Waals surface area contributed by atoms with Crippen molar-refractivity contribution in [3.63, 3.8) is 0 Å². The predicted octanol–water partition coefficient (Wildman–Crippen LogP) is 5.93. The quantitative estimate of drug-likeness (QED) is 0.515. The number of thioether (sulfide) groups is 1. The fraction of sp³-hybridized carbons (Fsp3) is 0.136. The molecule has 0 spiro atoms. The molecule has 0 amide bonds. The summed E-state index contributed by atoms with van der Waals surface area (Å²) in [7, 11) is 0. The molecule has 0 aliphatic carbocycles. The summed E-state index contributed by atoms with van der Waals surface area (Å²) in [4.78, 5) is 15.1. The average Bonchev–Trinajstić information content (AvgIpc) is 2.65. The Morgan fingerprint density at radius 2 is 1.54 bits per heavy atom. The molecule has 0 aromatic heterocycles. The Labute approximate surface area is 162 Å². The number of hydrogen-bond donors (Lipinski definition) is 1. The second kappa shape index (κ2) is 8.97. The van der Waals surface area contributed by atoms with Crippen molar-refractivity contribution in [1.29, 1.82) is 0 Å². The van der Waals surface area contributed by atoms with Gasteiger partial charge in [-0.05, 0) is 49.2 Å². The zero-order valence-electron chi connectivity index (χ0n) is 14.5. The van der Waals surface area contributed by atoms with Gasteiger partial charge in [0.2, 0.25) is 0 Å². The van der Waals surface area contributed by atoms with E-state index in [0.29, 0.717) is 6.42 Å². The first kappa shape index (κ1) is 18.6. The van der Waals surface area contributed by atoms with Crippen LogP contribution in [0.3, 0.4) is 0 Å². The molecule has 3 rings (SSSR count). The highest BCUT2D eigenvalue weighted by atomic mass is 32.2. The van der Waals surface area contributed by atoms with Crippen LogP contribution in [0.1, 0.15) is 11.1 Å². The molecule has 0 aliphatic rings. The van der Waals surface area contributed by atoms with E-state index in [2.05, 4.69) is 18.2 Å². The molecule has 3 aromatic rings. The van der Waals surface area contributed by atoms with Crippen molar-refractivity contribution in [1.82, 2.24) is 0 Å². The van der Waals surface area contributed by atoms with Gasteiger partial charge in [-0.15, -0.1) is 11.8 Å². The second-order valence-electron chi connectivity index (χ2n) is 5.98. The Balaban J connectivity index is 1.79. The maximum atomic E-state index is 11.8. The molecule has 0 fully saturated rings. The smallest absolute Gasteiger partial charge is 0.317 e. The Kier molecular flexibility index (Phi) is 6.42. The van der Waals surface area contributed by atoms with Crippen LogP contribution in [-0.4, -0.2) is 16.3 Å². The zero-order valence-corrected chi connectivity index (χ0v) is 16.1. The van der Waals surface area contributed by atoms with E-state index >= 15 is 0 Å². The van der Waals surface area contributed by atoms with Crippen LogP contribution in [0.2, 0.25) is 0 Å². The van der Waals surface area contributed by atoms with Crippen molar-refractivity contribution >= 4 is 29.5 Å². The summed E-state index contributed by atoms with van der Waals surface area (Å²) in [6.45, 7) is 2.03. The third kappa shape index (κ3) is 5.16. The second-order valence-corrected chi connectivity index (χ2v) is 8.38. The van der Waals surface area contributed by atoms with Crippen molar-refractivity contribution in [2.75, 3.05) is 0 Å². The first-order valence-corrected chi connectivity index (χ1v) is 10.1. The summed E-state index contributed by atoms with van der Waals surface area (Å²) < 4.78 is 0. The predicted molar refractivity (Wildman–Crippen MR) is 109 cm³/mol. The fourth-order valence-electron chi connectivity index (χ4n) is 2.55. The number of benzene rings is 3. The Hall–Kier alpha value is -2.17. The van der Waals surface area contributed by atoms with E-state index in [1.807, 2.05) is 67.6 Å². The summed E-state index contributed by atoms with van der Waals surface area (Å²) in [5.41, 5.74) is 2.24. The molecule has 2 nitrogen and oxygen atoms in total. The summed E-state index contributed by atoms with van der Waals surface area (Å²) in [5.74, 6) is -0.782. The van der Waals surface area contributed by atoms with E-state index in [9.17, 15) is 9.90 Å². The number of aliphatic carboxylic acids is 1. The molecule has 0 radical (unpaired) electrons. The standard InChI is InChI=1S/C22H20O2S2/c1-16-11-13-19(14-12-16)26-21(22(23)24)15-17-7-5-6-10-20(17)25-18-8-3-2-4-9-18/h2-14,21H,15H2,1H3,(H,23,24). The maximum absolute atomic E-state index is 11.8. The van der Waals surface area contributed by atoms with Crippen molar-refractivity contribution < 1.29 is 9.90 Å². The molecule has 1 N–H and O–H groups in total. The molecule has 0 saturated carbocycles. The van der Waals surface area contributed by atoms with Crippen molar-refractivity contribution in [3.05, 3.63) is 90.0 Å². The van der Waals surface area contributed by atoms with E-state index in [0.717, 1.165) is 20.2 Å². The minimum atomic E-state index is -0.782. The SMILES string of the molecule is Cc1ccc(SC(Cc2ccccc2Sc2ccccc2)C(=O)O)cc1. The van der Waals surface area contributed by atoms with Crippen molar-refractivity contribution in [2.24, 2.45) is 0 Å². The molecule has 0 saturated heterocycles. The van der Waals surface area contributed by atoms with Gasteiger partial charge in [0, 0.05) is 14.7 Å². The lowest BCUT2D eigenvalue weighted by molar-refractivity contribution is -0.136. The lowest BCUT2D eigenvalue weighted by Gasteiger charge is -2.15. The third-order valence-corrected chi connectivity index (χ3v) is 6.25. The van der Waals surface area contributed by atoms with E-state index < -0.39 is 11.2 Å². The molecule has 0 heterocycles. The van der Waals surface area contributed by atoms with Crippen molar-refractivity contribution in [3.8, 4) is 0 Å². The number of rotatable bonds is 7. The van der Waals surface area contributed by atoms with Gasteiger partial charge in [0.1, 0.15) is 5.25 Å². The molecule has 26 heavy (non-hydrogen) atoms. The highest BCUT2D eigenvalue weighted by Gasteiger charge is 2.21. The van der Waals surface area contributed by atoms with Crippen LogP contribution in [-0.2, 0) is 11.2 Å². The van der Waals surface area contributed by atoms with Crippen LogP contribution in [0.25, 0.3) is 0 Å².